The third-order valence-corrected chi connectivity index (χ3v) is 4.84. The van der Waals surface area contributed by atoms with E-state index < -0.39 is 0 Å². The van der Waals surface area contributed by atoms with Crippen molar-refractivity contribution in [2.24, 2.45) is 0 Å². The molecule has 5 rings (SSSR count). The number of hydrogen-bond donors (Lipinski definition) is 1. The smallest absolute Gasteiger partial charge is 0.255 e. The predicted octanol–water partition coefficient (Wildman–Crippen LogP) is 3.54. The minimum atomic E-state index is -0.207. The Labute approximate surface area is 171 Å². The molecular weight excluding hydrogens is 378 g/mol. The van der Waals surface area contributed by atoms with Gasteiger partial charge in [-0.15, -0.1) is 5.10 Å². The van der Waals surface area contributed by atoms with E-state index in [1.165, 1.54) is 11.0 Å². The van der Waals surface area contributed by atoms with Gasteiger partial charge in [0.15, 0.2) is 0 Å². The van der Waals surface area contributed by atoms with Crippen LogP contribution in [-0.4, -0.2) is 35.5 Å². The quantitative estimate of drug-likeness (QED) is 0.503. The van der Waals surface area contributed by atoms with Gasteiger partial charge >= 0.3 is 0 Å². The first-order chi connectivity index (χ1) is 14.7. The molecule has 1 N–H and O–H groups in total. The molecule has 0 saturated carbocycles. The third kappa shape index (κ3) is 3.30. The van der Waals surface area contributed by atoms with Gasteiger partial charge in [-0.3, -0.25) is 4.79 Å². The number of nitrogens with zero attached hydrogens (tertiary/aromatic N) is 6. The molecule has 0 atom stereocenters. The molecule has 0 bridgehead atoms. The van der Waals surface area contributed by atoms with Gasteiger partial charge in [0, 0.05) is 29.2 Å². The normalized spacial score (nSPS) is 11.0. The highest BCUT2D eigenvalue weighted by Crippen LogP contribution is 2.23. The van der Waals surface area contributed by atoms with E-state index in [-0.39, 0.29) is 5.91 Å². The largest absolute Gasteiger partial charge is 0.322 e. The lowest BCUT2D eigenvalue weighted by atomic mass is 10.1. The molecule has 0 aliphatic rings. The van der Waals surface area contributed by atoms with Crippen LogP contribution in [0.15, 0.2) is 79.4 Å². The van der Waals surface area contributed by atoms with Gasteiger partial charge in [-0.1, -0.05) is 24.3 Å². The highest BCUT2D eigenvalue weighted by molar-refractivity contribution is 6.04. The Bertz CT molecular complexity index is 1340. The van der Waals surface area contributed by atoms with E-state index in [2.05, 4.69) is 20.8 Å². The zero-order chi connectivity index (χ0) is 20.5. The van der Waals surface area contributed by atoms with E-state index in [1.54, 1.807) is 18.2 Å². The molecule has 0 spiro atoms. The van der Waals surface area contributed by atoms with Crippen molar-refractivity contribution in [3.05, 3.63) is 90.5 Å². The summed E-state index contributed by atoms with van der Waals surface area (Å²) in [5.41, 5.74) is 5.86. The Morgan fingerprint density at radius 1 is 1.03 bits per heavy atom. The monoisotopic (exact) mass is 395 g/mol. The summed E-state index contributed by atoms with van der Waals surface area (Å²) in [5, 5.41) is 14.0. The van der Waals surface area contributed by atoms with Gasteiger partial charge in [0.2, 0.25) is 0 Å². The second kappa shape index (κ2) is 7.25. The number of amides is 1. The van der Waals surface area contributed by atoms with Crippen LogP contribution in [-0.2, 0) is 0 Å². The predicted molar refractivity (Wildman–Crippen MR) is 112 cm³/mol. The summed E-state index contributed by atoms with van der Waals surface area (Å²) in [4.78, 5) is 17.4. The zero-order valence-electron chi connectivity index (χ0n) is 16.1. The summed E-state index contributed by atoms with van der Waals surface area (Å²) in [7, 11) is 0. The van der Waals surface area contributed by atoms with Crippen LogP contribution in [0.2, 0.25) is 0 Å². The molecule has 0 aliphatic carbocycles. The van der Waals surface area contributed by atoms with Crippen molar-refractivity contribution in [1.82, 2.24) is 29.6 Å². The lowest BCUT2D eigenvalue weighted by Gasteiger charge is -2.07. The molecule has 1 amide bonds. The van der Waals surface area contributed by atoms with Crippen LogP contribution in [0.1, 0.15) is 15.9 Å². The van der Waals surface area contributed by atoms with Crippen LogP contribution in [0, 0.1) is 6.92 Å². The lowest BCUT2D eigenvalue weighted by Crippen LogP contribution is -2.12. The topological polar surface area (TPSA) is 90.0 Å². The second-order valence-corrected chi connectivity index (χ2v) is 6.88. The van der Waals surface area contributed by atoms with Crippen LogP contribution < -0.4 is 5.32 Å². The number of benzene rings is 2. The molecule has 3 heterocycles. The number of imidazole rings is 1. The maximum atomic E-state index is 12.7. The Morgan fingerprint density at radius 2 is 1.90 bits per heavy atom. The molecule has 0 saturated heterocycles. The summed E-state index contributed by atoms with van der Waals surface area (Å²) in [6, 6.07) is 18.8. The van der Waals surface area contributed by atoms with E-state index in [9.17, 15) is 4.79 Å². The number of aromatic nitrogens is 6. The number of anilines is 1. The zero-order valence-corrected chi connectivity index (χ0v) is 16.1. The summed E-state index contributed by atoms with van der Waals surface area (Å²) in [6.45, 7) is 2.04. The van der Waals surface area contributed by atoms with E-state index in [0.717, 1.165) is 22.5 Å². The molecule has 30 heavy (non-hydrogen) atoms. The highest BCUT2D eigenvalue weighted by Gasteiger charge is 2.10. The molecule has 0 unspecified atom stereocenters. The number of tetrazole rings is 1. The number of rotatable bonds is 4. The molecular formula is C22H17N7O. The van der Waals surface area contributed by atoms with E-state index in [1.807, 2.05) is 66.2 Å². The fourth-order valence-electron chi connectivity index (χ4n) is 3.29. The minimum absolute atomic E-state index is 0.207. The maximum absolute atomic E-state index is 12.7. The molecule has 3 aromatic heterocycles. The number of carbonyl (C=O) groups is 1. The van der Waals surface area contributed by atoms with Crippen LogP contribution in [0.25, 0.3) is 22.6 Å². The fourth-order valence-corrected chi connectivity index (χ4v) is 3.29. The van der Waals surface area contributed by atoms with E-state index >= 15 is 0 Å². The number of aryl methyl sites for hydroxylation is 1. The van der Waals surface area contributed by atoms with Crippen molar-refractivity contribution >= 4 is 17.2 Å². The van der Waals surface area contributed by atoms with Crippen molar-refractivity contribution < 1.29 is 4.79 Å². The number of hydrogen-bond acceptors (Lipinski definition) is 5. The number of fused-ring (bicyclic) bond motifs is 1. The maximum Gasteiger partial charge on any atom is 0.255 e. The molecule has 2 aromatic carbocycles. The Hall–Kier alpha value is -4.33. The summed E-state index contributed by atoms with van der Waals surface area (Å²) in [5.74, 6) is -0.207. The molecule has 0 fully saturated rings. The third-order valence-electron chi connectivity index (χ3n) is 4.84. The standard InChI is InChI=1S/C22H17N7O/c1-15-4-3-11-28-13-20(25-21(15)28)16-7-9-18(10-8-16)24-22(30)17-5-2-6-19(12-17)29-14-23-26-27-29/h2-14H,1H3,(H,24,30). The van der Waals surface area contributed by atoms with Gasteiger partial charge in [0.25, 0.3) is 5.91 Å². The summed E-state index contributed by atoms with van der Waals surface area (Å²) < 4.78 is 3.51. The molecule has 5 aromatic rings. The van der Waals surface area contributed by atoms with Crippen molar-refractivity contribution in [2.75, 3.05) is 5.32 Å². The van der Waals surface area contributed by atoms with Crippen LogP contribution >= 0.6 is 0 Å². The van der Waals surface area contributed by atoms with Crippen molar-refractivity contribution in [2.45, 2.75) is 6.92 Å². The van der Waals surface area contributed by atoms with Crippen molar-refractivity contribution in [1.29, 1.82) is 0 Å². The van der Waals surface area contributed by atoms with Crippen molar-refractivity contribution in [3.8, 4) is 16.9 Å². The first-order valence-corrected chi connectivity index (χ1v) is 9.37. The lowest BCUT2D eigenvalue weighted by molar-refractivity contribution is 0.102. The molecule has 8 heteroatoms. The molecule has 146 valence electrons. The van der Waals surface area contributed by atoms with E-state index in [0.29, 0.717) is 16.9 Å². The minimum Gasteiger partial charge on any atom is -0.322 e. The second-order valence-electron chi connectivity index (χ2n) is 6.88. The Balaban J connectivity index is 1.35. The van der Waals surface area contributed by atoms with Crippen LogP contribution in [0.4, 0.5) is 5.69 Å². The first kappa shape index (κ1) is 17.7. The van der Waals surface area contributed by atoms with Crippen molar-refractivity contribution in [3.63, 3.8) is 0 Å². The molecule has 8 nitrogen and oxygen atoms in total. The van der Waals surface area contributed by atoms with E-state index in [4.69, 9.17) is 4.98 Å². The summed E-state index contributed by atoms with van der Waals surface area (Å²) in [6.07, 6.45) is 5.47. The van der Waals surface area contributed by atoms with Gasteiger partial charge in [-0.2, -0.15) is 0 Å². The first-order valence-electron chi connectivity index (χ1n) is 9.37. The van der Waals surface area contributed by atoms with Gasteiger partial charge in [-0.25, -0.2) is 9.67 Å². The van der Waals surface area contributed by atoms with Gasteiger partial charge < -0.3 is 9.72 Å². The SMILES string of the molecule is Cc1cccn2cc(-c3ccc(NC(=O)c4cccc(-n5cnnn5)c4)cc3)nc12. The molecule has 0 aliphatic heterocycles. The highest BCUT2D eigenvalue weighted by atomic mass is 16.1. The average molecular weight is 395 g/mol. The fraction of sp³-hybridized carbons (Fsp3) is 0.0455. The van der Waals surface area contributed by atoms with Gasteiger partial charge in [0.05, 0.1) is 11.4 Å². The number of nitrogens with one attached hydrogen (secondary N) is 1. The Kier molecular flexibility index (Phi) is 4.29. The van der Waals surface area contributed by atoms with Gasteiger partial charge in [0.1, 0.15) is 12.0 Å². The number of carbonyl (C=O) groups excluding carboxylic acids is 1. The Morgan fingerprint density at radius 3 is 2.67 bits per heavy atom. The number of pyridine rings is 1. The van der Waals surface area contributed by atoms with Gasteiger partial charge in [-0.05, 0) is 59.3 Å². The molecule has 0 radical (unpaired) electrons. The summed E-state index contributed by atoms with van der Waals surface area (Å²) >= 11 is 0. The average Bonchev–Trinajstić information content (AvgIpc) is 3.45. The van der Waals surface area contributed by atoms with Crippen LogP contribution in [0.5, 0.6) is 0 Å². The van der Waals surface area contributed by atoms with Crippen LogP contribution in [0.3, 0.4) is 0 Å².